The molecular weight excluding hydrogens is 562 g/mol. The van der Waals surface area contributed by atoms with Gasteiger partial charge in [-0.25, -0.2) is 8.42 Å². The first kappa shape index (κ1) is 31.3. The molecule has 0 aliphatic rings. The maximum Gasteiger partial charge on any atom is 0.264 e. The molecular formula is C34H37N3O5S. The van der Waals surface area contributed by atoms with Crippen molar-refractivity contribution in [3.05, 3.63) is 125 Å². The summed E-state index contributed by atoms with van der Waals surface area (Å²) in [6.45, 7) is 3.39. The molecule has 0 aliphatic carbocycles. The van der Waals surface area contributed by atoms with E-state index < -0.39 is 28.5 Å². The molecule has 43 heavy (non-hydrogen) atoms. The van der Waals surface area contributed by atoms with Crippen molar-refractivity contribution in [2.75, 3.05) is 25.0 Å². The highest BCUT2D eigenvalue weighted by molar-refractivity contribution is 7.92. The minimum atomic E-state index is -4.14. The van der Waals surface area contributed by atoms with E-state index in [0.717, 1.165) is 26.6 Å². The van der Waals surface area contributed by atoms with Crippen molar-refractivity contribution >= 4 is 27.5 Å². The third-order valence-electron chi connectivity index (χ3n) is 7.39. The largest absolute Gasteiger partial charge is 0.497 e. The number of carbonyl (C=O) groups is 2. The average molecular weight is 600 g/mol. The van der Waals surface area contributed by atoms with E-state index >= 15 is 0 Å². The van der Waals surface area contributed by atoms with Gasteiger partial charge in [0.05, 0.1) is 17.7 Å². The van der Waals surface area contributed by atoms with Crippen molar-refractivity contribution in [2.45, 2.75) is 37.8 Å². The van der Waals surface area contributed by atoms with Crippen molar-refractivity contribution in [3.8, 4) is 5.75 Å². The van der Waals surface area contributed by atoms with E-state index in [4.69, 9.17) is 4.74 Å². The highest BCUT2D eigenvalue weighted by Crippen LogP contribution is 2.27. The zero-order chi connectivity index (χ0) is 31.0. The zero-order valence-corrected chi connectivity index (χ0v) is 25.7. The minimum Gasteiger partial charge on any atom is -0.497 e. The van der Waals surface area contributed by atoms with Crippen LogP contribution in [0.4, 0.5) is 5.69 Å². The molecule has 1 N–H and O–H groups in total. The van der Waals surface area contributed by atoms with Gasteiger partial charge in [0.1, 0.15) is 18.3 Å². The molecule has 0 aliphatic heterocycles. The topological polar surface area (TPSA) is 96.0 Å². The molecule has 0 spiro atoms. The number of nitrogens with zero attached hydrogens (tertiary/aromatic N) is 2. The molecule has 4 aromatic rings. The molecule has 0 bridgehead atoms. The summed E-state index contributed by atoms with van der Waals surface area (Å²) >= 11 is 0. The number of ether oxygens (including phenoxy) is 1. The normalized spacial score (nSPS) is 11.8. The number of hydrogen-bond donors (Lipinski definition) is 1. The van der Waals surface area contributed by atoms with Crippen molar-refractivity contribution in [3.63, 3.8) is 0 Å². The van der Waals surface area contributed by atoms with Gasteiger partial charge in [0.15, 0.2) is 0 Å². The Bertz CT molecular complexity index is 1660. The van der Waals surface area contributed by atoms with Crippen LogP contribution >= 0.6 is 0 Å². The molecule has 0 unspecified atom stereocenters. The van der Waals surface area contributed by atoms with Gasteiger partial charge >= 0.3 is 0 Å². The summed E-state index contributed by atoms with van der Waals surface area (Å²) in [7, 11) is -1.06. The number of anilines is 1. The van der Waals surface area contributed by atoms with Gasteiger partial charge in [0.2, 0.25) is 11.8 Å². The Kier molecular flexibility index (Phi) is 10.2. The number of hydrogen-bond acceptors (Lipinski definition) is 5. The molecule has 0 radical (unpaired) electrons. The lowest BCUT2D eigenvalue weighted by Crippen LogP contribution is -2.53. The third kappa shape index (κ3) is 7.61. The van der Waals surface area contributed by atoms with E-state index in [1.165, 1.54) is 24.1 Å². The van der Waals surface area contributed by atoms with Crippen LogP contribution in [-0.2, 0) is 32.6 Å². The lowest BCUT2D eigenvalue weighted by atomic mass is 10.0. The van der Waals surface area contributed by atoms with E-state index in [-0.39, 0.29) is 23.8 Å². The fourth-order valence-electron chi connectivity index (χ4n) is 4.82. The minimum absolute atomic E-state index is 0.0625. The molecule has 2 amide bonds. The van der Waals surface area contributed by atoms with E-state index in [1.54, 1.807) is 49.6 Å². The van der Waals surface area contributed by atoms with Crippen molar-refractivity contribution < 1.29 is 22.7 Å². The zero-order valence-electron chi connectivity index (χ0n) is 24.9. The molecule has 1 atom stereocenters. The molecule has 8 nitrogen and oxygen atoms in total. The summed E-state index contributed by atoms with van der Waals surface area (Å²) in [5.41, 5.74) is 3.84. The second kappa shape index (κ2) is 14.0. The Labute approximate surface area is 254 Å². The fraction of sp³-hybridized carbons (Fsp3) is 0.235. The number of methoxy groups -OCH3 is 1. The first-order valence-electron chi connectivity index (χ1n) is 14.0. The summed E-state index contributed by atoms with van der Waals surface area (Å²) in [6.07, 6.45) is 0.241. The van der Waals surface area contributed by atoms with E-state index in [1.807, 2.05) is 62.4 Å². The van der Waals surface area contributed by atoms with E-state index in [9.17, 15) is 18.0 Å². The van der Waals surface area contributed by atoms with Gasteiger partial charge in [0, 0.05) is 20.0 Å². The number of aryl methyl sites for hydroxylation is 2. The quantitative estimate of drug-likeness (QED) is 0.250. The van der Waals surface area contributed by atoms with Gasteiger partial charge < -0.3 is 15.0 Å². The summed E-state index contributed by atoms with van der Waals surface area (Å²) < 4.78 is 34.6. The molecule has 4 rings (SSSR count). The first-order valence-corrected chi connectivity index (χ1v) is 15.4. The Morgan fingerprint density at radius 2 is 1.47 bits per heavy atom. The van der Waals surface area contributed by atoms with Gasteiger partial charge in [-0.3, -0.25) is 13.9 Å². The van der Waals surface area contributed by atoms with Gasteiger partial charge in [-0.15, -0.1) is 0 Å². The highest BCUT2D eigenvalue weighted by Gasteiger charge is 2.34. The van der Waals surface area contributed by atoms with Crippen molar-refractivity contribution in [2.24, 2.45) is 0 Å². The van der Waals surface area contributed by atoms with Crippen molar-refractivity contribution in [1.29, 1.82) is 0 Å². The second-order valence-electron chi connectivity index (χ2n) is 10.3. The first-order chi connectivity index (χ1) is 20.6. The molecule has 4 aromatic carbocycles. The lowest BCUT2D eigenvalue weighted by molar-refractivity contribution is -0.139. The Hall–Kier alpha value is -4.63. The molecule has 0 fully saturated rings. The predicted octanol–water partition coefficient (Wildman–Crippen LogP) is 4.89. The maximum atomic E-state index is 14.4. The second-order valence-corrected chi connectivity index (χ2v) is 12.1. The van der Waals surface area contributed by atoms with Crippen LogP contribution in [0.5, 0.6) is 5.75 Å². The average Bonchev–Trinajstić information content (AvgIpc) is 3.03. The fourth-order valence-corrected chi connectivity index (χ4v) is 6.24. The Morgan fingerprint density at radius 3 is 2.09 bits per heavy atom. The van der Waals surface area contributed by atoms with Crippen LogP contribution in [0.15, 0.2) is 108 Å². The molecule has 0 heterocycles. The smallest absolute Gasteiger partial charge is 0.264 e. The van der Waals surface area contributed by atoms with Crippen LogP contribution in [0, 0.1) is 13.8 Å². The Morgan fingerprint density at radius 1 is 0.814 bits per heavy atom. The standard InChI is InChI=1S/C34H37N3O5S/c1-25-18-19-29(20-26(25)2)37(43(40,41)31-16-9-6-10-17-31)24-33(38)36(23-28-14-11-15-30(21-28)42-4)32(34(39)35-3)22-27-12-7-5-8-13-27/h5-21,32H,22-24H2,1-4H3,(H,35,39)/t32-/m1/s1. The molecule has 224 valence electrons. The summed E-state index contributed by atoms with van der Waals surface area (Å²) in [6, 6.07) is 29.1. The number of sulfonamides is 1. The highest BCUT2D eigenvalue weighted by atomic mass is 32.2. The maximum absolute atomic E-state index is 14.4. The lowest BCUT2D eigenvalue weighted by Gasteiger charge is -2.33. The summed E-state index contributed by atoms with van der Waals surface area (Å²) in [4.78, 5) is 29.3. The van der Waals surface area contributed by atoms with Gasteiger partial charge in [-0.1, -0.05) is 66.7 Å². The van der Waals surface area contributed by atoms with Gasteiger partial charge in [-0.05, 0) is 72.5 Å². The van der Waals surface area contributed by atoms with Crippen LogP contribution in [-0.4, -0.2) is 51.9 Å². The number of benzene rings is 4. The predicted molar refractivity (Wildman–Crippen MR) is 168 cm³/mol. The molecule has 0 saturated carbocycles. The third-order valence-corrected chi connectivity index (χ3v) is 9.18. The molecule has 0 aromatic heterocycles. The summed E-state index contributed by atoms with van der Waals surface area (Å²) in [5, 5.41) is 2.69. The van der Waals surface area contributed by atoms with Crippen LogP contribution in [0.25, 0.3) is 0 Å². The number of rotatable bonds is 12. The van der Waals surface area contributed by atoms with Crippen LogP contribution in [0.2, 0.25) is 0 Å². The monoisotopic (exact) mass is 599 g/mol. The number of carbonyl (C=O) groups excluding carboxylic acids is 2. The van der Waals surface area contributed by atoms with Crippen LogP contribution in [0.3, 0.4) is 0 Å². The van der Waals surface area contributed by atoms with Crippen LogP contribution in [0.1, 0.15) is 22.3 Å². The van der Waals surface area contributed by atoms with E-state index in [0.29, 0.717) is 11.4 Å². The number of likely N-dealkylation sites (N-methyl/N-ethyl adjacent to an activating group) is 1. The molecule has 9 heteroatoms. The van der Waals surface area contributed by atoms with Gasteiger partial charge in [-0.2, -0.15) is 0 Å². The van der Waals surface area contributed by atoms with Crippen LogP contribution < -0.4 is 14.4 Å². The van der Waals surface area contributed by atoms with Crippen molar-refractivity contribution in [1.82, 2.24) is 10.2 Å². The van der Waals surface area contributed by atoms with E-state index in [2.05, 4.69) is 5.32 Å². The number of amides is 2. The van der Waals surface area contributed by atoms with Gasteiger partial charge in [0.25, 0.3) is 10.0 Å². The summed E-state index contributed by atoms with van der Waals surface area (Å²) in [5.74, 6) is -0.276. The Balaban J connectivity index is 1.80. The SMILES string of the molecule is CNC(=O)[C@@H](Cc1ccccc1)N(Cc1cccc(OC)c1)C(=O)CN(c1ccc(C)c(C)c1)S(=O)(=O)c1ccccc1. The molecule has 0 saturated heterocycles. The number of nitrogens with one attached hydrogen (secondary N) is 1.